The first-order valence-corrected chi connectivity index (χ1v) is 12.1. The highest BCUT2D eigenvalue weighted by molar-refractivity contribution is 5.89. The number of methoxy groups -OCH3 is 1. The molecule has 37 heavy (non-hydrogen) atoms. The van der Waals surface area contributed by atoms with Crippen molar-refractivity contribution in [2.24, 2.45) is 5.73 Å². The summed E-state index contributed by atoms with van der Waals surface area (Å²) in [6.45, 7) is 2.83. The summed E-state index contributed by atoms with van der Waals surface area (Å²) >= 11 is 0. The molecule has 0 aliphatic carbocycles. The Morgan fingerprint density at radius 2 is 2.03 bits per heavy atom. The van der Waals surface area contributed by atoms with E-state index in [1.807, 2.05) is 6.92 Å². The summed E-state index contributed by atoms with van der Waals surface area (Å²) in [5.74, 6) is 0.0637. The lowest BCUT2D eigenvalue weighted by molar-refractivity contribution is -0.122. The van der Waals surface area contributed by atoms with E-state index in [-0.39, 0.29) is 30.8 Å². The molecule has 2 aromatic carbocycles. The SMILES string of the molecule is CCCOc1ccc(F)c2c(=O)c(-c3ccc(OC)cc3)cn(CCNC(=O)[C@@H](N)Cc3c[nH]cn3)c12. The van der Waals surface area contributed by atoms with Gasteiger partial charge in [-0.25, -0.2) is 9.37 Å². The molecule has 0 saturated heterocycles. The fourth-order valence-electron chi connectivity index (χ4n) is 4.09. The molecule has 0 aliphatic heterocycles. The van der Waals surface area contributed by atoms with Crippen molar-refractivity contribution in [3.05, 3.63) is 76.9 Å². The Labute approximate surface area is 213 Å². The molecule has 4 rings (SSSR count). The van der Waals surface area contributed by atoms with E-state index in [4.69, 9.17) is 15.2 Å². The van der Waals surface area contributed by atoms with Gasteiger partial charge in [0, 0.05) is 37.5 Å². The molecule has 4 aromatic rings. The number of rotatable bonds is 11. The molecular weight excluding hydrogens is 477 g/mol. The van der Waals surface area contributed by atoms with E-state index >= 15 is 4.39 Å². The summed E-state index contributed by atoms with van der Waals surface area (Å²) < 4.78 is 27.9. The molecule has 0 unspecified atom stereocenters. The molecule has 194 valence electrons. The van der Waals surface area contributed by atoms with Crippen LogP contribution in [-0.4, -0.2) is 46.7 Å². The first-order chi connectivity index (χ1) is 17.9. The third kappa shape index (κ3) is 5.80. The second kappa shape index (κ2) is 11.7. The number of halogens is 1. The molecule has 0 radical (unpaired) electrons. The molecule has 1 atom stereocenters. The number of carbonyl (C=O) groups is 1. The number of nitrogens with two attached hydrogens (primary N) is 1. The van der Waals surface area contributed by atoms with Crippen LogP contribution in [0.5, 0.6) is 11.5 Å². The Balaban J connectivity index is 1.68. The lowest BCUT2D eigenvalue weighted by Crippen LogP contribution is -2.43. The summed E-state index contributed by atoms with van der Waals surface area (Å²) in [6.07, 6.45) is 5.92. The number of aromatic nitrogens is 3. The molecule has 1 amide bonds. The van der Waals surface area contributed by atoms with Gasteiger partial charge in [0.1, 0.15) is 17.3 Å². The first-order valence-electron chi connectivity index (χ1n) is 12.1. The smallest absolute Gasteiger partial charge is 0.237 e. The highest BCUT2D eigenvalue weighted by Crippen LogP contribution is 2.29. The monoisotopic (exact) mass is 507 g/mol. The van der Waals surface area contributed by atoms with E-state index in [9.17, 15) is 9.59 Å². The zero-order chi connectivity index (χ0) is 26.4. The van der Waals surface area contributed by atoms with Crippen LogP contribution < -0.4 is 26.0 Å². The Morgan fingerprint density at radius 1 is 1.24 bits per heavy atom. The number of hydrogen-bond donors (Lipinski definition) is 3. The van der Waals surface area contributed by atoms with Crippen molar-refractivity contribution >= 4 is 16.8 Å². The number of benzene rings is 2. The van der Waals surface area contributed by atoms with E-state index < -0.39 is 17.3 Å². The maximum atomic E-state index is 15.1. The zero-order valence-corrected chi connectivity index (χ0v) is 20.8. The van der Waals surface area contributed by atoms with E-state index in [2.05, 4.69) is 15.3 Å². The van der Waals surface area contributed by atoms with Gasteiger partial charge in [-0.3, -0.25) is 9.59 Å². The van der Waals surface area contributed by atoms with Crippen LogP contribution in [0.2, 0.25) is 0 Å². The van der Waals surface area contributed by atoms with Gasteiger partial charge in [0.2, 0.25) is 5.91 Å². The van der Waals surface area contributed by atoms with Gasteiger partial charge < -0.3 is 30.1 Å². The number of nitrogens with zero attached hydrogens (tertiary/aromatic N) is 2. The number of aromatic amines is 1. The maximum absolute atomic E-state index is 15.1. The molecule has 0 spiro atoms. The van der Waals surface area contributed by atoms with Crippen LogP contribution in [0.3, 0.4) is 0 Å². The van der Waals surface area contributed by atoms with Gasteiger partial charge in [-0.05, 0) is 36.2 Å². The van der Waals surface area contributed by atoms with E-state index in [1.54, 1.807) is 48.3 Å². The van der Waals surface area contributed by atoms with Crippen molar-refractivity contribution < 1.29 is 18.7 Å². The summed E-state index contributed by atoms with van der Waals surface area (Å²) in [4.78, 5) is 33.0. The van der Waals surface area contributed by atoms with Gasteiger partial charge in [-0.1, -0.05) is 19.1 Å². The van der Waals surface area contributed by atoms with Gasteiger partial charge in [0.25, 0.3) is 0 Å². The number of H-pyrrole nitrogens is 1. The normalized spacial score (nSPS) is 11.9. The van der Waals surface area contributed by atoms with Crippen molar-refractivity contribution in [1.82, 2.24) is 19.9 Å². The fourth-order valence-corrected chi connectivity index (χ4v) is 4.09. The number of imidazole rings is 1. The summed E-state index contributed by atoms with van der Waals surface area (Å²) in [5.41, 5.74) is 7.55. The van der Waals surface area contributed by atoms with Crippen LogP contribution in [0, 0.1) is 5.82 Å². The van der Waals surface area contributed by atoms with Crippen molar-refractivity contribution in [2.75, 3.05) is 20.3 Å². The van der Waals surface area contributed by atoms with Crippen molar-refractivity contribution in [3.8, 4) is 22.6 Å². The molecular formula is C27H30FN5O4. The minimum Gasteiger partial charge on any atom is -0.497 e. The Hall–Kier alpha value is -4.18. The Kier molecular flexibility index (Phi) is 8.19. The third-order valence-electron chi connectivity index (χ3n) is 5.97. The van der Waals surface area contributed by atoms with Gasteiger partial charge in [0.05, 0.1) is 42.7 Å². The minimum absolute atomic E-state index is 0.0662. The number of hydrogen-bond acceptors (Lipinski definition) is 6. The largest absolute Gasteiger partial charge is 0.497 e. The van der Waals surface area contributed by atoms with Crippen molar-refractivity contribution in [3.63, 3.8) is 0 Å². The third-order valence-corrected chi connectivity index (χ3v) is 5.97. The standard InChI is InChI=1S/C27H30FN5O4/c1-3-12-37-23-9-8-21(28)24-25(23)33(11-10-31-27(35)22(29)13-18-14-30-16-32-18)15-20(26(24)34)17-4-6-19(36-2)7-5-17/h4-9,14-16,22H,3,10-13,29H2,1-2H3,(H,30,32)(H,31,35)/t22-/m0/s1. The lowest BCUT2D eigenvalue weighted by atomic mass is 10.0. The summed E-state index contributed by atoms with van der Waals surface area (Å²) in [6, 6.07) is 8.96. The number of ether oxygens (including phenoxy) is 2. The predicted molar refractivity (Wildman–Crippen MR) is 139 cm³/mol. The van der Waals surface area contributed by atoms with Gasteiger partial charge in [0.15, 0.2) is 5.43 Å². The highest BCUT2D eigenvalue weighted by atomic mass is 19.1. The second-order valence-corrected chi connectivity index (χ2v) is 8.57. The summed E-state index contributed by atoms with van der Waals surface area (Å²) in [5, 5.41) is 2.76. The zero-order valence-electron chi connectivity index (χ0n) is 20.8. The van der Waals surface area contributed by atoms with Crippen LogP contribution in [0.1, 0.15) is 19.0 Å². The average molecular weight is 508 g/mol. The minimum atomic E-state index is -0.773. The van der Waals surface area contributed by atoms with Gasteiger partial charge in [-0.15, -0.1) is 0 Å². The van der Waals surface area contributed by atoms with Gasteiger partial charge >= 0.3 is 0 Å². The Bertz CT molecular complexity index is 1420. The number of carbonyl (C=O) groups excluding carboxylic acids is 1. The molecule has 10 heteroatoms. The van der Waals surface area contributed by atoms with Crippen LogP contribution in [0.4, 0.5) is 4.39 Å². The Morgan fingerprint density at radius 3 is 2.70 bits per heavy atom. The summed E-state index contributed by atoms with van der Waals surface area (Å²) in [7, 11) is 1.56. The molecule has 0 bridgehead atoms. The maximum Gasteiger partial charge on any atom is 0.237 e. The van der Waals surface area contributed by atoms with E-state index in [0.717, 1.165) is 6.42 Å². The molecule has 4 N–H and O–H groups in total. The van der Waals surface area contributed by atoms with Crippen molar-refractivity contribution in [2.45, 2.75) is 32.4 Å². The average Bonchev–Trinajstić information content (AvgIpc) is 3.42. The predicted octanol–water partition coefficient (Wildman–Crippen LogP) is 3.01. The first kappa shape index (κ1) is 25.9. The molecule has 0 fully saturated rings. The highest BCUT2D eigenvalue weighted by Gasteiger charge is 2.19. The quantitative estimate of drug-likeness (QED) is 0.287. The number of fused-ring (bicyclic) bond motifs is 1. The van der Waals surface area contributed by atoms with Crippen LogP contribution >= 0.6 is 0 Å². The van der Waals surface area contributed by atoms with Crippen LogP contribution in [-0.2, 0) is 17.8 Å². The van der Waals surface area contributed by atoms with Crippen LogP contribution in [0.15, 0.2) is 59.9 Å². The molecule has 0 aliphatic rings. The van der Waals surface area contributed by atoms with Crippen LogP contribution in [0.25, 0.3) is 22.0 Å². The number of nitrogens with one attached hydrogen (secondary N) is 2. The molecule has 0 saturated carbocycles. The molecule has 2 aromatic heterocycles. The molecule has 2 heterocycles. The number of pyridine rings is 1. The van der Waals surface area contributed by atoms with Crippen molar-refractivity contribution in [1.29, 1.82) is 0 Å². The lowest BCUT2D eigenvalue weighted by Gasteiger charge is -2.18. The van der Waals surface area contributed by atoms with Gasteiger partial charge in [-0.2, -0.15) is 0 Å². The fraction of sp³-hybridized carbons (Fsp3) is 0.296. The van der Waals surface area contributed by atoms with E-state index in [0.29, 0.717) is 40.4 Å². The second-order valence-electron chi connectivity index (χ2n) is 8.57. The number of amides is 1. The topological polar surface area (TPSA) is 124 Å². The van der Waals surface area contributed by atoms with E-state index in [1.165, 1.54) is 18.5 Å². The molecule has 9 nitrogen and oxygen atoms in total.